The predicted octanol–water partition coefficient (Wildman–Crippen LogP) is 2.63. The number of amides is 2. The Labute approximate surface area is 315 Å². The van der Waals surface area contributed by atoms with Crippen molar-refractivity contribution >= 4 is 87.5 Å². The van der Waals surface area contributed by atoms with E-state index in [4.69, 9.17) is 44.3 Å². The maximum Gasteiger partial charge on any atom is 0.355 e. The van der Waals surface area contributed by atoms with Gasteiger partial charge in [-0.2, -0.15) is 0 Å². The van der Waals surface area contributed by atoms with E-state index in [0.29, 0.717) is 17.7 Å². The van der Waals surface area contributed by atoms with Crippen LogP contribution in [0.15, 0.2) is 133 Å². The van der Waals surface area contributed by atoms with Crippen LogP contribution in [0.25, 0.3) is 0 Å². The van der Waals surface area contributed by atoms with Crippen molar-refractivity contribution in [3.63, 3.8) is 0 Å². The Morgan fingerprint density at radius 2 is 1.31 bits per heavy atom. The number of hydrogen-bond acceptors (Lipinski definition) is 6. The number of nitrogens with zero attached hydrogens (tertiary/aromatic N) is 1. The molecule has 0 aromatic heterocycles. The highest BCUT2D eigenvalue weighted by Gasteiger charge is 2.56. The molecule has 0 unspecified atom stereocenters. The van der Waals surface area contributed by atoms with Crippen LogP contribution in [-0.2, 0) is 19.1 Å². The van der Waals surface area contributed by atoms with Crippen LogP contribution in [0, 0.1) is 0 Å². The van der Waals surface area contributed by atoms with Gasteiger partial charge in [0.1, 0.15) is 52.6 Å². The average molecular weight is 821 g/mol. The summed E-state index contributed by atoms with van der Waals surface area (Å²) in [7, 11) is -2.45. The van der Waals surface area contributed by atoms with Gasteiger partial charge in [0, 0.05) is 11.3 Å². The molecule has 7 nitrogen and oxygen atoms in total. The molecule has 4 aromatic carbocycles. The molecule has 4 aromatic rings. The summed E-state index contributed by atoms with van der Waals surface area (Å²) in [6.45, 7) is -0.761. The number of carbonyl (C=O) groups excluding carboxylic acids is 3. The second-order valence-corrected chi connectivity index (χ2v) is 18.3. The Hall–Kier alpha value is -3.04. The quantitative estimate of drug-likeness (QED) is 0.109. The molecule has 2 amide bonds. The molecule has 2 aliphatic heterocycles. The molecule has 0 aliphatic carbocycles. The van der Waals surface area contributed by atoms with Gasteiger partial charge in [-0.25, -0.2) is 4.79 Å². The standard InChI is InChI=1S/C36H30Cl3N2O5PS.BrH/c37-36(38,39)24-46-35(44)32-25(23-48-34-31(33(43)41(32)34)40-30(42)21-45-26-13-5-1-6-14-26)22-47(27-15-7-2-8-16-27,28-17-9-3-10-18-28)29-19-11-4-12-20-29;/h1-20,31,34H,21-24H2;1H/t31-,34+;/m1./s1. The number of benzene rings is 4. The van der Waals surface area contributed by atoms with Crippen molar-refractivity contribution in [1.29, 1.82) is 0 Å². The average Bonchev–Trinajstić information content (AvgIpc) is 3.12. The first kappa shape index (κ1) is 37.2. The summed E-state index contributed by atoms with van der Waals surface area (Å²) in [4.78, 5) is 42.0. The van der Waals surface area contributed by atoms with Gasteiger partial charge in [-0.15, -0.1) is 11.8 Å². The second-order valence-electron chi connectivity index (χ2n) is 11.2. The van der Waals surface area contributed by atoms with Gasteiger partial charge in [0.15, 0.2) is 6.61 Å². The lowest BCUT2D eigenvalue weighted by Crippen LogP contribution is -3.00. The van der Waals surface area contributed by atoms with Gasteiger partial charge in [0.05, 0.1) is 6.16 Å². The van der Waals surface area contributed by atoms with E-state index in [2.05, 4.69) is 41.7 Å². The van der Waals surface area contributed by atoms with Gasteiger partial charge in [-0.1, -0.05) is 108 Å². The van der Waals surface area contributed by atoms with E-state index in [-0.39, 0.29) is 29.3 Å². The summed E-state index contributed by atoms with van der Waals surface area (Å²) in [5, 5.41) is 5.61. The number of carbonyl (C=O) groups is 3. The van der Waals surface area contributed by atoms with Crippen molar-refractivity contribution in [2.24, 2.45) is 0 Å². The molecule has 2 heterocycles. The molecule has 13 heteroatoms. The Balaban J connectivity index is 0.00000468. The maximum atomic E-state index is 13.9. The zero-order valence-corrected chi connectivity index (χ0v) is 31.5. The summed E-state index contributed by atoms with van der Waals surface area (Å²) < 4.78 is 9.25. The van der Waals surface area contributed by atoms with Crippen LogP contribution >= 0.6 is 53.8 Å². The molecule has 0 radical (unpaired) electrons. The van der Waals surface area contributed by atoms with E-state index < -0.39 is 46.9 Å². The number of ether oxygens (including phenoxy) is 2. The smallest absolute Gasteiger partial charge is 0.355 e. The van der Waals surface area contributed by atoms with Gasteiger partial charge in [-0.3, -0.25) is 14.5 Å². The summed E-state index contributed by atoms with van der Waals surface area (Å²) in [5.41, 5.74) is 0.859. The number of halogens is 4. The molecular weight excluding hydrogens is 790 g/mol. The Morgan fingerprint density at radius 3 is 1.80 bits per heavy atom. The molecule has 6 rings (SSSR count). The van der Waals surface area contributed by atoms with Crippen LogP contribution in [0.1, 0.15) is 0 Å². The molecule has 1 fully saturated rings. The van der Waals surface area contributed by atoms with E-state index in [9.17, 15) is 14.4 Å². The Kier molecular flexibility index (Phi) is 12.4. The Bertz CT molecular complexity index is 1700. The van der Waals surface area contributed by atoms with Gasteiger partial charge >= 0.3 is 5.97 Å². The fourth-order valence-electron chi connectivity index (χ4n) is 5.94. The highest BCUT2D eigenvalue weighted by molar-refractivity contribution is 8.00. The van der Waals surface area contributed by atoms with Gasteiger partial charge < -0.3 is 31.8 Å². The molecular formula is C36H31BrCl3N2O5PS. The largest absolute Gasteiger partial charge is 1.00 e. The van der Waals surface area contributed by atoms with Crippen molar-refractivity contribution in [3.8, 4) is 5.75 Å². The van der Waals surface area contributed by atoms with Crippen LogP contribution in [0.3, 0.4) is 0 Å². The monoisotopic (exact) mass is 818 g/mol. The molecule has 2 atom stereocenters. The van der Waals surface area contributed by atoms with Crippen LogP contribution in [0.2, 0.25) is 0 Å². The number of nitrogens with one attached hydrogen (secondary N) is 1. The first-order chi connectivity index (χ1) is 23.2. The number of para-hydroxylation sites is 1. The van der Waals surface area contributed by atoms with Crippen molar-refractivity contribution in [3.05, 3.63) is 133 Å². The molecule has 0 spiro atoms. The van der Waals surface area contributed by atoms with Crippen molar-refractivity contribution in [2.45, 2.75) is 15.2 Å². The van der Waals surface area contributed by atoms with Crippen LogP contribution in [-0.4, -0.2) is 63.0 Å². The number of esters is 1. The normalized spacial score (nSPS) is 17.3. The number of β-lactam (4-membered cyclic amide) rings is 1. The van der Waals surface area contributed by atoms with Crippen molar-refractivity contribution in [1.82, 2.24) is 10.2 Å². The third kappa shape index (κ3) is 8.30. The molecule has 2 aliphatic rings. The summed E-state index contributed by atoms with van der Waals surface area (Å²) in [6, 6.07) is 38.8. The van der Waals surface area contributed by atoms with Gasteiger partial charge in [0.2, 0.25) is 3.79 Å². The maximum absolute atomic E-state index is 13.9. The lowest BCUT2D eigenvalue weighted by atomic mass is 10.0. The topological polar surface area (TPSA) is 84.9 Å². The molecule has 0 saturated carbocycles. The lowest BCUT2D eigenvalue weighted by molar-refractivity contribution is -0.153. The third-order valence-corrected chi connectivity index (χ3v) is 14.1. The predicted molar refractivity (Wildman–Crippen MR) is 195 cm³/mol. The van der Waals surface area contributed by atoms with E-state index in [0.717, 1.165) is 21.5 Å². The van der Waals surface area contributed by atoms with Gasteiger partial charge in [-0.05, 0) is 48.5 Å². The zero-order chi connectivity index (χ0) is 33.7. The van der Waals surface area contributed by atoms with Gasteiger partial charge in [0.25, 0.3) is 11.8 Å². The van der Waals surface area contributed by atoms with Crippen molar-refractivity contribution < 1.29 is 40.8 Å². The summed E-state index contributed by atoms with van der Waals surface area (Å²) in [5.74, 6) is -0.695. The SMILES string of the molecule is O=C(COc1ccccc1)N[C@@H]1C(=O)N2C(C(=O)OCC(Cl)(Cl)Cl)=C(C[P+](c3ccccc3)(c3ccccc3)c3ccccc3)CS[C@@H]12.[Br-]. The number of alkyl halides is 3. The third-order valence-electron chi connectivity index (χ3n) is 8.06. The van der Waals surface area contributed by atoms with E-state index >= 15 is 0 Å². The van der Waals surface area contributed by atoms with Crippen LogP contribution in [0.5, 0.6) is 5.75 Å². The van der Waals surface area contributed by atoms with Crippen LogP contribution < -0.4 is 42.9 Å². The number of thioether (sulfide) groups is 1. The van der Waals surface area contributed by atoms with Crippen LogP contribution in [0.4, 0.5) is 0 Å². The minimum atomic E-state index is -2.45. The zero-order valence-electron chi connectivity index (χ0n) is 25.9. The first-order valence-corrected chi connectivity index (χ1v) is 19.3. The highest BCUT2D eigenvalue weighted by atomic mass is 79.9. The first-order valence-electron chi connectivity index (χ1n) is 15.1. The van der Waals surface area contributed by atoms with E-state index in [1.165, 1.54) is 16.7 Å². The molecule has 254 valence electrons. The molecule has 0 bridgehead atoms. The minimum absolute atomic E-state index is 0. The number of rotatable bonds is 11. The molecule has 49 heavy (non-hydrogen) atoms. The van der Waals surface area contributed by atoms with Crippen molar-refractivity contribution in [2.75, 3.05) is 25.1 Å². The number of hydrogen-bond donors (Lipinski definition) is 1. The fourth-order valence-corrected chi connectivity index (χ4v) is 11.9. The van der Waals surface area contributed by atoms with E-state index in [1.807, 2.05) is 60.7 Å². The fraction of sp³-hybridized carbons (Fsp3) is 0.194. The molecule has 1 N–H and O–H groups in total. The van der Waals surface area contributed by atoms with E-state index in [1.54, 1.807) is 24.3 Å². The minimum Gasteiger partial charge on any atom is -1.00 e. The highest BCUT2D eigenvalue weighted by Crippen LogP contribution is 2.58. The summed E-state index contributed by atoms with van der Waals surface area (Å²) in [6.07, 6.45) is 0.453. The molecule has 1 saturated heterocycles. The summed E-state index contributed by atoms with van der Waals surface area (Å²) >= 11 is 19.4. The second kappa shape index (κ2) is 16.3. The Morgan fingerprint density at radius 1 is 0.816 bits per heavy atom. The number of fused-ring (bicyclic) bond motifs is 1. The lowest BCUT2D eigenvalue weighted by Gasteiger charge is -2.50.